The molecule has 0 saturated carbocycles. The van der Waals surface area contributed by atoms with E-state index in [1.165, 1.54) is 36.4 Å². The number of benzene rings is 2. The number of sulfone groups is 1. The van der Waals surface area contributed by atoms with Crippen LogP contribution in [0.1, 0.15) is 83.1 Å². The Morgan fingerprint density at radius 3 is 1.04 bits per heavy atom. The zero-order chi connectivity index (χ0) is 39.9. The van der Waals surface area contributed by atoms with Crippen LogP contribution >= 0.6 is 23.2 Å². The average Bonchev–Trinajstić information content (AvgIpc) is 3.01. The van der Waals surface area contributed by atoms with Crippen LogP contribution in [0.15, 0.2) is 137 Å². The second-order valence-electron chi connectivity index (χ2n) is 17.3. The number of carbonyl (C=O) groups is 2. The largest absolute Gasteiger partial charge is 0.289 e. The van der Waals surface area contributed by atoms with E-state index in [-0.39, 0.29) is 64.4 Å². The summed E-state index contributed by atoms with van der Waals surface area (Å²) in [4.78, 5) is 26.3. The number of halogens is 2. The molecule has 2 aromatic rings. The maximum absolute atomic E-state index is 13.6. The van der Waals surface area contributed by atoms with E-state index in [2.05, 4.69) is 20.5 Å². The number of rotatable bonds is 6. The molecule has 11 heteroatoms. The van der Waals surface area contributed by atoms with Gasteiger partial charge in [0.15, 0.2) is 11.6 Å². The van der Waals surface area contributed by atoms with Crippen LogP contribution in [-0.2, 0) is 19.4 Å². The summed E-state index contributed by atoms with van der Waals surface area (Å²) in [7, 11) is -4.02. The molecule has 8 nitrogen and oxygen atoms in total. The molecule has 2 aromatic carbocycles. The number of nitrogens with zero attached hydrogens (tertiary/aromatic N) is 4. The number of carbonyl (C=O) groups excluding carboxylic acids is 2. The molecule has 0 spiro atoms. The second kappa shape index (κ2) is 15.0. The quantitative estimate of drug-likeness (QED) is 0.271. The summed E-state index contributed by atoms with van der Waals surface area (Å²) in [5, 5.41) is 17.0. The first-order chi connectivity index (χ1) is 24.2. The molecule has 0 radical (unpaired) electrons. The predicted octanol–water partition coefficient (Wildman–Crippen LogP) is 12.8. The molecule has 0 saturated heterocycles. The third-order valence-corrected chi connectivity index (χ3v) is 11.0. The highest BCUT2D eigenvalue weighted by atomic mass is 35.5. The van der Waals surface area contributed by atoms with Gasteiger partial charge in [-0.25, -0.2) is 8.42 Å². The van der Waals surface area contributed by atoms with E-state index in [1.54, 1.807) is 12.4 Å². The topological polar surface area (TPSA) is 118 Å². The third-order valence-electron chi connectivity index (χ3n) is 8.66. The van der Waals surface area contributed by atoms with Gasteiger partial charge in [0.2, 0.25) is 9.84 Å². The van der Waals surface area contributed by atoms with Gasteiger partial charge in [-0.2, -0.15) is 10.2 Å². The molecule has 0 atom stereocenters. The van der Waals surface area contributed by atoms with Gasteiger partial charge in [0, 0.05) is 22.3 Å². The van der Waals surface area contributed by atoms with Crippen molar-refractivity contribution in [1.82, 2.24) is 0 Å². The fraction of sp³-hybridized carbons (Fsp3) is 0.381. The Morgan fingerprint density at radius 2 is 0.792 bits per heavy atom. The molecule has 4 rings (SSSR count). The smallest absolute Gasteiger partial charge is 0.206 e. The molecule has 2 aliphatic carbocycles. The summed E-state index contributed by atoms with van der Waals surface area (Å²) in [6, 6.07) is 8.38. The van der Waals surface area contributed by atoms with Crippen LogP contribution in [0, 0.1) is 21.7 Å². The minimum atomic E-state index is -4.02. The fourth-order valence-corrected chi connectivity index (χ4v) is 7.48. The van der Waals surface area contributed by atoms with Crippen LogP contribution in [0.5, 0.6) is 0 Å². The molecule has 0 aliphatic heterocycles. The first-order valence-electron chi connectivity index (χ1n) is 17.3. The highest BCUT2D eigenvalue weighted by Crippen LogP contribution is 2.41. The Kier molecular flexibility index (Phi) is 11.8. The van der Waals surface area contributed by atoms with Crippen LogP contribution in [0.25, 0.3) is 0 Å². The van der Waals surface area contributed by atoms with Crippen LogP contribution in [0.4, 0.5) is 11.4 Å². The molecule has 0 aromatic heterocycles. The van der Waals surface area contributed by atoms with Gasteiger partial charge in [0.1, 0.15) is 11.4 Å². The molecule has 2 aliphatic rings. The van der Waals surface area contributed by atoms with Crippen LogP contribution in [0.2, 0.25) is 10.0 Å². The van der Waals surface area contributed by atoms with Crippen LogP contribution in [-0.4, -0.2) is 20.0 Å². The Morgan fingerprint density at radius 1 is 0.509 bits per heavy atom. The Hall–Kier alpha value is -4.05. The first-order valence-corrected chi connectivity index (χ1v) is 19.5. The summed E-state index contributed by atoms with van der Waals surface area (Å²) < 4.78 is 27.2. The standard InChI is InChI=1S/C42H48Cl2N4O4S/c1-39(2,3)29-17-25(18-30(37(29)49)40(4,5)6)23-45-47-35-15-13-27(21-33(35)43)53(51,52)28-14-16-36(34(44)22-28)48-46-24-26-19-31(41(7,8)9)38(50)32(20-26)42(10,11)12/h13-24H,1-12H3. The maximum atomic E-state index is 13.6. The van der Waals surface area contributed by atoms with Crippen molar-refractivity contribution in [3.8, 4) is 0 Å². The molecule has 0 heterocycles. The monoisotopic (exact) mass is 774 g/mol. The van der Waals surface area contributed by atoms with Crippen LogP contribution in [0.3, 0.4) is 0 Å². The van der Waals surface area contributed by atoms with Gasteiger partial charge in [-0.15, -0.1) is 10.2 Å². The van der Waals surface area contributed by atoms with E-state index in [9.17, 15) is 18.0 Å². The van der Waals surface area contributed by atoms with Gasteiger partial charge in [-0.3, -0.25) is 9.59 Å². The Bertz CT molecular complexity index is 2000. The fourth-order valence-electron chi connectivity index (χ4n) is 5.60. The highest BCUT2D eigenvalue weighted by Gasteiger charge is 2.35. The number of azo groups is 2. The van der Waals surface area contributed by atoms with Crippen molar-refractivity contribution < 1.29 is 18.0 Å². The van der Waals surface area contributed by atoms with Gasteiger partial charge >= 0.3 is 0 Å². The average molecular weight is 776 g/mol. The molecule has 53 heavy (non-hydrogen) atoms. The van der Waals surface area contributed by atoms with Crippen molar-refractivity contribution in [3.63, 3.8) is 0 Å². The third kappa shape index (κ3) is 9.74. The van der Waals surface area contributed by atoms with Gasteiger partial charge in [0.05, 0.1) is 32.2 Å². The highest BCUT2D eigenvalue weighted by molar-refractivity contribution is 7.91. The number of allylic oxidation sites excluding steroid dienone is 10. The van der Waals surface area contributed by atoms with Gasteiger partial charge < -0.3 is 0 Å². The number of Topliss-reactive ketones (excluding diaryl/α,β-unsaturated/α-hetero) is 2. The van der Waals surface area contributed by atoms with Crippen molar-refractivity contribution >= 4 is 56.0 Å². The first kappa shape index (κ1) is 41.7. The number of ketones is 2. The molecule has 0 unspecified atom stereocenters. The van der Waals surface area contributed by atoms with E-state index in [0.29, 0.717) is 22.3 Å². The lowest BCUT2D eigenvalue weighted by molar-refractivity contribution is -0.114. The van der Waals surface area contributed by atoms with Crippen molar-refractivity contribution in [2.24, 2.45) is 42.1 Å². The van der Waals surface area contributed by atoms with Gasteiger partial charge in [0.25, 0.3) is 0 Å². The number of hydrogen-bond donors (Lipinski definition) is 0. The summed E-state index contributed by atoms with van der Waals surface area (Å²) in [6.45, 7) is 23.9. The SMILES string of the molecule is CC(C)(C)C1=CC(=CN=Nc2ccc(S(=O)(=O)c3ccc(N=NC=C4C=C(C(C)(C)C)C(=O)C(C(C)(C)C)=C4)c(Cl)c3)cc2Cl)C=C(C(C)(C)C)C1=O. The van der Waals surface area contributed by atoms with Crippen molar-refractivity contribution in [2.75, 3.05) is 0 Å². The molecule has 0 bridgehead atoms. The lowest BCUT2D eigenvalue weighted by Gasteiger charge is -2.31. The molecule has 280 valence electrons. The minimum absolute atomic E-state index is 0.0194. The summed E-state index contributed by atoms with van der Waals surface area (Å²) >= 11 is 13.0. The van der Waals surface area contributed by atoms with Crippen LogP contribution < -0.4 is 0 Å². The predicted molar refractivity (Wildman–Crippen MR) is 214 cm³/mol. The molecule has 0 amide bonds. The van der Waals surface area contributed by atoms with E-state index in [0.717, 1.165) is 11.1 Å². The number of hydrogen-bond acceptors (Lipinski definition) is 8. The van der Waals surface area contributed by atoms with E-state index >= 15 is 0 Å². The lowest BCUT2D eigenvalue weighted by atomic mass is 9.72. The van der Waals surface area contributed by atoms with Gasteiger partial charge in [-0.05, 0) is 93.5 Å². The maximum Gasteiger partial charge on any atom is 0.206 e. The lowest BCUT2D eigenvalue weighted by Crippen LogP contribution is -2.27. The van der Waals surface area contributed by atoms with E-state index in [4.69, 9.17) is 23.2 Å². The van der Waals surface area contributed by atoms with Gasteiger partial charge in [-0.1, -0.05) is 106 Å². The van der Waals surface area contributed by atoms with E-state index in [1.807, 2.05) is 107 Å². The van der Waals surface area contributed by atoms with E-state index < -0.39 is 9.84 Å². The second-order valence-corrected chi connectivity index (χ2v) is 20.1. The van der Waals surface area contributed by atoms with Crippen molar-refractivity contribution in [1.29, 1.82) is 0 Å². The summed E-state index contributed by atoms with van der Waals surface area (Å²) in [5.41, 5.74) is 3.27. The Balaban J connectivity index is 1.57. The normalized spacial score (nSPS) is 16.6. The summed E-state index contributed by atoms with van der Waals surface area (Å²) in [5.74, 6) is 0.0388. The summed E-state index contributed by atoms with van der Waals surface area (Å²) in [6.07, 6.45) is 10.4. The zero-order valence-electron chi connectivity index (χ0n) is 32.5. The molecular formula is C42H48Cl2N4O4S. The molecular weight excluding hydrogens is 727 g/mol. The molecule has 0 N–H and O–H groups in total. The Labute approximate surface area is 324 Å². The zero-order valence-corrected chi connectivity index (χ0v) is 34.8. The minimum Gasteiger partial charge on any atom is -0.289 e. The molecule has 0 fully saturated rings. The van der Waals surface area contributed by atoms with Crippen molar-refractivity contribution in [3.05, 3.63) is 117 Å². The van der Waals surface area contributed by atoms with Crippen molar-refractivity contribution in [2.45, 2.75) is 92.9 Å².